The van der Waals surface area contributed by atoms with E-state index in [4.69, 9.17) is 0 Å². The predicted molar refractivity (Wildman–Crippen MR) is 68.9 cm³/mol. The first-order valence-corrected chi connectivity index (χ1v) is 6.91. The number of nitrogens with zero attached hydrogens (tertiary/aromatic N) is 2. The summed E-state index contributed by atoms with van der Waals surface area (Å²) in [4.78, 5) is 16.8. The van der Waals surface area contributed by atoms with Crippen LogP contribution in [0.3, 0.4) is 0 Å². The van der Waals surface area contributed by atoms with Crippen molar-refractivity contribution in [2.45, 2.75) is 44.7 Å². The van der Waals surface area contributed by atoms with Crippen molar-refractivity contribution < 1.29 is 4.79 Å². The van der Waals surface area contributed by atoms with Gasteiger partial charge in [0, 0.05) is 25.7 Å². The average Bonchev–Trinajstić information content (AvgIpc) is 2.56. The molecule has 98 valence electrons. The van der Waals surface area contributed by atoms with E-state index in [1.54, 1.807) is 0 Å². The van der Waals surface area contributed by atoms with E-state index >= 15 is 0 Å². The molecule has 0 spiro atoms. The van der Waals surface area contributed by atoms with Gasteiger partial charge in [-0.15, -0.1) is 0 Å². The normalized spacial score (nSPS) is 32.2. The minimum atomic E-state index is 0.0726. The fourth-order valence-corrected chi connectivity index (χ4v) is 2.91. The van der Waals surface area contributed by atoms with Crippen LogP contribution in [0.15, 0.2) is 0 Å². The molecule has 1 amide bonds. The van der Waals surface area contributed by atoms with Gasteiger partial charge < -0.3 is 15.1 Å². The van der Waals surface area contributed by atoms with Crippen molar-refractivity contribution in [2.24, 2.45) is 0 Å². The lowest BCUT2D eigenvalue weighted by molar-refractivity contribution is -0.137. The number of carbonyl (C=O) groups excluding carboxylic acids is 1. The van der Waals surface area contributed by atoms with Gasteiger partial charge in [-0.2, -0.15) is 0 Å². The van der Waals surface area contributed by atoms with E-state index in [0.29, 0.717) is 11.9 Å². The van der Waals surface area contributed by atoms with E-state index in [9.17, 15) is 4.79 Å². The van der Waals surface area contributed by atoms with Crippen LogP contribution in [0.25, 0.3) is 0 Å². The van der Waals surface area contributed by atoms with Crippen molar-refractivity contribution in [3.8, 4) is 0 Å². The summed E-state index contributed by atoms with van der Waals surface area (Å²) in [5, 5.41) is 3.41. The standard InChI is InChI=1S/C13H25N3O/c1-11-10-15(2)8-9-16(11)13(17)12-6-4-3-5-7-14-12/h11-12,14H,3-10H2,1-2H3. The third kappa shape index (κ3) is 3.19. The van der Waals surface area contributed by atoms with Crippen molar-refractivity contribution in [3.63, 3.8) is 0 Å². The van der Waals surface area contributed by atoms with Crippen molar-refractivity contribution in [1.29, 1.82) is 0 Å². The molecule has 1 N–H and O–H groups in total. The van der Waals surface area contributed by atoms with Crippen LogP contribution in [-0.2, 0) is 4.79 Å². The number of piperazine rings is 1. The van der Waals surface area contributed by atoms with E-state index in [1.807, 2.05) is 0 Å². The molecule has 2 unspecified atom stereocenters. The summed E-state index contributed by atoms with van der Waals surface area (Å²) in [6.07, 6.45) is 4.67. The first-order valence-electron chi connectivity index (χ1n) is 6.91. The van der Waals surface area contributed by atoms with Crippen LogP contribution in [0, 0.1) is 0 Å². The maximum atomic E-state index is 12.5. The molecule has 17 heavy (non-hydrogen) atoms. The molecule has 4 nitrogen and oxygen atoms in total. The molecule has 2 fully saturated rings. The number of nitrogens with one attached hydrogen (secondary N) is 1. The van der Waals surface area contributed by atoms with Crippen LogP contribution in [0.5, 0.6) is 0 Å². The van der Waals surface area contributed by atoms with Gasteiger partial charge in [0.15, 0.2) is 0 Å². The summed E-state index contributed by atoms with van der Waals surface area (Å²) in [7, 11) is 2.13. The number of carbonyl (C=O) groups is 1. The zero-order chi connectivity index (χ0) is 12.3. The third-order valence-electron chi connectivity index (χ3n) is 3.97. The Balaban J connectivity index is 1.93. The molecule has 0 aromatic heterocycles. The molecule has 2 atom stereocenters. The van der Waals surface area contributed by atoms with Gasteiger partial charge in [0.1, 0.15) is 0 Å². The van der Waals surface area contributed by atoms with E-state index in [1.165, 1.54) is 19.3 Å². The topological polar surface area (TPSA) is 35.6 Å². The maximum absolute atomic E-state index is 12.5. The van der Waals surface area contributed by atoms with Gasteiger partial charge in [0.05, 0.1) is 6.04 Å². The highest BCUT2D eigenvalue weighted by Gasteiger charge is 2.30. The van der Waals surface area contributed by atoms with Crippen LogP contribution in [-0.4, -0.2) is 61.0 Å². The van der Waals surface area contributed by atoms with Crippen molar-refractivity contribution in [3.05, 3.63) is 0 Å². The highest BCUT2D eigenvalue weighted by molar-refractivity contribution is 5.82. The van der Waals surface area contributed by atoms with Gasteiger partial charge in [-0.05, 0) is 33.4 Å². The molecule has 0 aliphatic carbocycles. The van der Waals surface area contributed by atoms with Crippen molar-refractivity contribution in [1.82, 2.24) is 15.1 Å². The molecule has 0 radical (unpaired) electrons. The largest absolute Gasteiger partial charge is 0.336 e. The lowest BCUT2D eigenvalue weighted by atomic mass is 10.1. The Morgan fingerprint density at radius 1 is 1.24 bits per heavy atom. The van der Waals surface area contributed by atoms with E-state index in [2.05, 4.69) is 29.1 Å². The molecule has 0 saturated carbocycles. The minimum Gasteiger partial charge on any atom is -0.336 e. The fourth-order valence-electron chi connectivity index (χ4n) is 2.91. The Kier molecular flexibility index (Phi) is 4.40. The Labute approximate surface area is 104 Å². The number of hydrogen-bond acceptors (Lipinski definition) is 3. The molecule has 4 heteroatoms. The van der Waals surface area contributed by atoms with Crippen LogP contribution >= 0.6 is 0 Å². The SMILES string of the molecule is CC1CN(C)CCN1C(=O)C1CCCCCN1. The average molecular weight is 239 g/mol. The Bertz CT molecular complexity index is 261. The first kappa shape index (κ1) is 12.8. The van der Waals surface area contributed by atoms with E-state index in [0.717, 1.165) is 32.6 Å². The molecule has 0 aromatic rings. The van der Waals surface area contributed by atoms with Crippen LogP contribution in [0.1, 0.15) is 32.6 Å². The predicted octanol–water partition coefficient (Wildman–Crippen LogP) is 0.681. The molecule has 0 bridgehead atoms. The summed E-state index contributed by atoms with van der Waals surface area (Å²) in [5.74, 6) is 0.326. The minimum absolute atomic E-state index is 0.0726. The molecular formula is C13H25N3O. The highest BCUT2D eigenvalue weighted by Crippen LogP contribution is 2.14. The second-order valence-electron chi connectivity index (χ2n) is 5.50. The Morgan fingerprint density at radius 3 is 2.82 bits per heavy atom. The van der Waals surface area contributed by atoms with Gasteiger partial charge in [-0.1, -0.05) is 12.8 Å². The second-order valence-corrected chi connectivity index (χ2v) is 5.50. The Hall–Kier alpha value is -0.610. The molecule has 2 aliphatic rings. The molecular weight excluding hydrogens is 214 g/mol. The quantitative estimate of drug-likeness (QED) is 0.731. The fraction of sp³-hybridized carbons (Fsp3) is 0.923. The van der Waals surface area contributed by atoms with Crippen LogP contribution in [0.2, 0.25) is 0 Å². The summed E-state index contributed by atoms with van der Waals surface area (Å²) < 4.78 is 0. The highest BCUT2D eigenvalue weighted by atomic mass is 16.2. The monoisotopic (exact) mass is 239 g/mol. The van der Waals surface area contributed by atoms with Gasteiger partial charge in [0.2, 0.25) is 5.91 Å². The van der Waals surface area contributed by atoms with E-state index in [-0.39, 0.29) is 6.04 Å². The Morgan fingerprint density at radius 2 is 2.06 bits per heavy atom. The lowest BCUT2D eigenvalue weighted by Gasteiger charge is -2.39. The zero-order valence-corrected chi connectivity index (χ0v) is 11.1. The van der Waals surface area contributed by atoms with Crippen LogP contribution < -0.4 is 5.32 Å². The zero-order valence-electron chi connectivity index (χ0n) is 11.1. The van der Waals surface area contributed by atoms with Gasteiger partial charge in [0.25, 0.3) is 0 Å². The molecule has 2 aliphatic heterocycles. The van der Waals surface area contributed by atoms with Gasteiger partial charge >= 0.3 is 0 Å². The number of likely N-dealkylation sites (N-methyl/N-ethyl adjacent to an activating group) is 1. The maximum Gasteiger partial charge on any atom is 0.240 e. The number of hydrogen-bond donors (Lipinski definition) is 1. The van der Waals surface area contributed by atoms with Crippen LogP contribution in [0.4, 0.5) is 0 Å². The van der Waals surface area contributed by atoms with Crippen molar-refractivity contribution in [2.75, 3.05) is 33.2 Å². The molecule has 0 aromatic carbocycles. The number of rotatable bonds is 1. The molecule has 2 saturated heterocycles. The second kappa shape index (κ2) is 5.83. The van der Waals surface area contributed by atoms with Gasteiger partial charge in [-0.25, -0.2) is 0 Å². The summed E-state index contributed by atoms with van der Waals surface area (Å²) in [6.45, 7) is 6.04. The first-order chi connectivity index (χ1) is 8.18. The van der Waals surface area contributed by atoms with Gasteiger partial charge in [-0.3, -0.25) is 4.79 Å². The number of amides is 1. The van der Waals surface area contributed by atoms with E-state index < -0.39 is 0 Å². The molecule has 2 rings (SSSR count). The third-order valence-corrected chi connectivity index (χ3v) is 3.97. The smallest absolute Gasteiger partial charge is 0.240 e. The summed E-state index contributed by atoms with van der Waals surface area (Å²) in [6, 6.07) is 0.426. The van der Waals surface area contributed by atoms with Crippen molar-refractivity contribution >= 4 is 5.91 Å². The summed E-state index contributed by atoms with van der Waals surface area (Å²) in [5.41, 5.74) is 0. The molecule has 2 heterocycles. The lowest BCUT2D eigenvalue weighted by Crippen LogP contribution is -2.57. The summed E-state index contributed by atoms with van der Waals surface area (Å²) >= 11 is 0.